The fourth-order valence-electron chi connectivity index (χ4n) is 2.02. The van der Waals surface area contributed by atoms with Crippen LogP contribution in [-0.4, -0.2) is 13.3 Å². The molecule has 0 amide bonds. The van der Waals surface area contributed by atoms with E-state index in [0.29, 0.717) is 28.8 Å². The van der Waals surface area contributed by atoms with E-state index in [-0.39, 0.29) is 0 Å². The van der Waals surface area contributed by atoms with Gasteiger partial charge in [-0.25, -0.2) is 0 Å². The van der Waals surface area contributed by atoms with Crippen LogP contribution in [0.4, 0.5) is 5.69 Å². The standard InChI is InChI=1S/C18H18ClNO2.C2H6/c1-4-20-16-11-18(17(21-3)10-15(16)13(2)19)22-12-14-8-6-5-7-9-14;1-2/h4-11H,2,12H2,1,3H3;1-2H3. The van der Waals surface area contributed by atoms with E-state index in [1.807, 2.05) is 57.2 Å². The molecule has 24 heavy (non-hydrogen) atoms. The molecule has 128 valence electrons. The fraction of sp³-hybridized carbons (Fsp3) is 0.250. The summed E-state index contributed by atoms with van der Waals surface area (Å²) in [5, 5.41) is 0.411. The number of benzene rings is 2. The molecule has 0 aliphatic rings. The Kier molecular flexibility index (Phi) is 8.66. The lowest BCUT2D eigenvalue weighted by molar-refractivity contribution is 0.284. The zero-order valence-corrected chi connectivity index (χ0v) is 15.4. The Morgan fingerprint density at radius 3 is 2.38 bits per heavy atom. The van der Waals surface area contributed by atoms with Crippen LogP contribution in [0.15, 0.2) is 54.0 Å². The molecule has 4 heteroatoms. The minimum Gasteiger partial charge on any atom is -0.493 e. The topological polar surface area (TPSA) is 30.8 Å². The van der Waals surface area contributed by atoms with Crippen LogP contribution in [0.25, 0.3) is 5.03 Å². The summed E-state index contributed by atoms with van der Waals surface area (Å²) in [5.74, 6) is 1.22. The molecular weight excluding hydrogens is 322 g/mol. The van der Waals surface area contributed by atoms with Gasteiger partial charge in [0.25, 0.3) is 0 Å². The number of ether oxygens (including phenoxy) is 2. The molecule has 0 radical (unpaired) electrons. The summed E-state index contributed by atoms with van der Waals surface area (Å²) >= 11 is 6.03. The molecule has 0 N–H and O–H groups in total. The SMILES string of the molecule is C=C(Cl)c1cc(OC)c(OCc2ccccc2)cc1N=CC.CC. The summed E-state index contributed by atoms with van der Waals surface area (Å²) in [6, 6.07) is 13.5. The van der Waals surface area contributed by atoms with Crippen molar-refractivity contribution in [3.05, 3.63) is 60.2 Å². The van der Waals surface area contributed by atoms with Crippen molar-refractivity contribution in [2.24, 2.45) is 4.99 Å². The molecule has 0 unspecified atom stereocenters. The molecular formula is C20H24ClNO2. The van der Waals surface area contributed by atoms with Crippen molar-refractivity contribution in [1.82, 2.24) is 0 Å². The highest BCUT2D eigenvalue weighted by Gasteiger charge is 2.12. The van der Waals surface area contributed by atoms with Crippen LogP contribution in [0.2, 0.25) is 0 Å². The quantitative estimate of drug-likeness (QED) is 0.581. The van der Waals surface area contributed by atoms with E-state index < -0.39 is 0 Å². The van der Waals surface area contributed by atoms with Gasteiger partial charge in [0.15, 0.2) is 11.5 Å². The van der Waals surface area contributed by atoms with Crippen molar-refractivity contribution in [3.63, 3.8) is 0 Å². The maximum atomic E-state index is 6.03. The maximum absolute atomic E-state index is 6.03. The predicted octanol–water partition coefficient (Wildman–Crippen LogP) is 6.23. The first-order valence-electron chi connectivity index (χ1n) is 7.88. The van der Waals surface area contributed by atoms with Gasteiger partial charge in [0.1, 0.15) is 6.61 Å². The zero-order chi connectivity index (χ0) is 17.9. The van der Waals surface area contributed by atoms with E-state index in [0.717, 1.165) is 11.1 Å². The monoisotopic (exact) mass is 345 g/mol. The summed E-state index contributed by atoms with van der Waals surface area (Å²) in [6.45, 7) is 10.1. The van der Waals surface area contributed by atoms with Crippen molar-refractivity contribution in [3.8, 4) is 11.5 Å². The Morgan fingerprint density at radius 2 is 1.83 bits per heavy atom. The molecule has 3 nitrogen and oxygen atoms in total. The van der Waals surface area contributed by atoms with E-state index in [4.69, 9.17) is 21.1 Å². The predicted molar refractivity (Wildman–Crippen MR) is 104 cm³/mol. The number of nitrogens with zero attached hydrogens (tertiary/aromatic N) is 1. The summed E-state index contributed by atoms with van der Waals surface area (Å²) in [6.07, 6.45) is 1.70. The van der Waals surface area contributed by atoms with Crippen LogP contribution in [0, 0.1) is 0 Å². The lowest BCUT2D eigenvalue weighted by Gasteiger charge is -2.14. The van der Waals surface area contributed by atoms with Gasteiger partial charge in [-0.1, -0.05) is 62.4 Å². The maximum Gasteiger partial charge on any atom is 0.163 e. The highest BCUT2D eigenvalue weighted by atomic mass is 35.5. The van der Waals surface area contributed by atoms with Crippen LogP contribution < -0.4 is 9.47 Å². The number of methoxy groups -OCH3 is 1. The van der Waals surface area contributed by atoms with E-state index in [1.54, 1.807) is 19.4 Å². The van der Waals surface area contributed by atoms with Crippen LogP contribution >= 0.6 is 11.6 Å². The van der Waals surface area contributed by atoms with Gasteiger partial charge in [-0.2, -0.15) is 0 Å². The molecule has 0 aromatic heterocycles. The van der Waals surface area contributed by atoms with Crippen LogP contribution in [0.1, 0.15) is 31.9 Å². The Bertz CT molecular complexity index is 682. The molecule has 0 fully saturated rings. The number of aliphatic imine (C=N–C) groups is 1. The first-order valence-corrected chi connectivity index (χ1v) is 8.25. The zero-order valence-electron chi connectivity index (χ0n) is 14.7. The third-order valence-electron chi connectivity index (χ3n) is 3.08. The summed E-state index contributed by atoms with van der Waals surface area (Å²) in [7, 11) is 1.59. The third kappa shape index (κ3) is 5.43. The second kappa shape index (κ2) is 10.5. The van der Waals surface area contributed by atoms with Crippen LogP contribution in [-0.2, 0) is 6.61 Å². The molecule has 0 saturated heterocycles. The largest absolute Gasteiger partial charge is 0.493 e. The highest BCUT2D eigenvalue weighted by Crippen LogP contribution is 2.39. The van der Waals surface area contributed by atoms with Gasteiger partial charge < -0.3 is 9.47 Å². The van der Waals surface area contributed by atoms with E-state index in [1.165, 1.54) is 0 Å². The molecule has 0 bridgehead atoms. The van der Waals surface area contributed by atoms with Gasteiger partial charge in [-0.15, -0.1) is 0 Å². The van der Waals surface area contributed by atoms with Crippen molar-refractivity contribution in [1.29, 1.82) is 0 Å². The summed E-state index contributed by atoms with van der Waals surface area (Å²) in [5.41, 5.74) is 2.51. The van der Waals surface area contributed by atoms with Crippen LogP contribution in [0.3, 0.4) is 0 Å². The van der Waals surface area contributed by atoms with Gasteiger partial charge in [0.2, 0.25) is 0 Å². The molecule has 2 aromatic carbocycles. The minimum absolute atomic E-state index is 0.411. The van der Waals surface area contributed by atoms with Crippen molar-refractivity contribution in [2.45, 2.75) is 27.4 Å². The van der Waals surface area contributed by atoms with Crippen molar-refractivity contribution >= 4 is 28.5 Å². The molecule has 0 atom stereocenters. The molecule has 0 saturated carbocycles. The normalized spacial score (nSPS) is 10.0. The van der Waals surface area contributed by atoms with Crippen LogP contribution in [0.5, 0.6) is 11.5 Å². The second-order valence-electron chi connectivity index (χ2n) is 4.59. The Labute approximate surface area is 149 Å². The molecule has 2 aromatic rings. The first-order chi connectivity index (χ1) is 11.7. The summed E-state index contributed by atoms with van der Waals surface area (Å²) < 4.78 is 11.2. The Balaban J connectivity index is 0.00000139. The van der Waals surface area contributed by atoms with E-state index >= 15 is 0 Å². The third-order valence-corrected chi connectivity index (χ3v) is 3.28. The van der Waals surface area contributed by atoms with Gasteiger partial charge in [0.05, 0.1) is 12.8 Å². The van der Waals surface area contributed by atoms with Gasteiger partial charge >= 0.3 is 0 Å². The average Bonchev–Trinajstić information content (AvgIpc) is 2.62. The summed E-state index contributed by atoms with van der Waals surface area (Å²) in [4.78, 5) is 4.31. The Morgan fingerprint density at radius 1 is 1.17 bits per heavy atom. The Hall–Kier alpha value is -2.26. The van der Waals surface area contributed by atoms with Gasteiger partial charge in [0, 0.05) is 22.9 Å². The molecule has 0 aliphatic heterocycles. The van der Waals surface area contributed by atoms with Crippen molar-refractivity contribution in [2.75, 3.05) is 7.11 Å². The van der Waals surface area contributed by atoms with Gasteiger partial charge in [-0.05, 0) is 18.6 Å². The lowest BCUT2D eigenvalue weighted by atomic mass is 10.1. The number of rotatable bonds is 6. The molecule has 0 spiro atoms. The molecule has 0 heterocycles. The molecule has 0 aliphatic carbocycles. The minimum atomic E-state index is 0.411. The van der Waals surface area contributed by atoms with Crippen molar-refractivity contribution < 1.29 is 9.47 Å². The smallest absolute Gasteiger partial charge is 0.163 e. The fourth-order valence-corrected chi connectivity index (χ4v) is 2.17. The average molecular weight is 346 g/mol. The lowest BCUT2D eigenvalue weighted by Crippen LogP contribution is -1.98. The van der Waals surface area contributed by atoms with E-state index in [9.17, 15) is 0 Å². The highest BCUT2D eigenvalue weighted by molar-refractivity contribution is 6.48. The second-order valence-corrected chi connectivity index (χ2v) is 5.04. The number of hydrogen-bond acceptors (Lipinski definition) is 3. The number of halogens is 1. The first kappa shape index (κ1) is 19.8. The van der Waals surface area contributed by atoms with Gasteiger partial charge in [-0.3, -0.25) is 4.99 Å². The molecule has 2 rings (SSSR count). The van der Waals surface area contributed by atoms with E-state index in [2.05, 4.69) is 11.6 Å². The number of hydrogen-bond donors (Lipinski definition) is 0.